The first-order valence-electron chi connectivity index (χ1n) is 10.4. The monoisotopic (exact) mass is 404 g/mol. The van der Waals surface area contributed by atoms with Gasteiger partial charge < -0.3 is 9.80 Å². The van der Waals surface area contributed by atoms with Crippen LogP contribution in [-0.2, 0) is 12.8 Å². The number of aromatic nitrogens is 4. The zero-order chi connectivity index (χ0) is 20.7. The lowest BCUT2D eigenvalue weighted by Crippen LogP contribution is -2.48. The number of anilines is 1. The van der Waals surface area contributed by atoms with Crippen molar-refractivity contribution in [2.45, 2.75) is 26.2 Å². The number of hydrogen-bond acceptors (Lipinski definition) is 5. The highest BCUT2D eigenvalue weighted by atomic mass is 16.2. The van der Waals surface area contributed by atoms with Crippen molar-refractivity contribution in [2.24, 2.45) is 0 Å². The molecular weight excluding hydrogens is 380 g/mol. The minimum absolute atomic E-state index is 0.0324. The van der Waals surface area contributed by atoms with Gasteiger partial charge in [0.2, 0.25) is 5.95 Å². The number of H-pyrrole nitrogens is 1. The molecule has 5 rings (SSSR count). The minimum atomic E-state index is -0.104. The van der Waals surface area contributed by atoms with Crippen molar-refractivity contribution in [2.75, 3.05) is 31.1 Å². The first-order valence-corrected chi connectivity index (χ1v) is 10.4. The largest absolute Gasteiger partial charge is 0.368 e. The number of fused-ring (bicyclic) bond motifs is 1. The molecule has 0 atom stereocenters. The summed E-state index contributed by atoms with van der Waals surface area (Å²) in [5, 5.41) is 4.36. The lowest BCUT2D eigenvalue weighted by molar-refractivity contribution is 0.0746. The van der Waals surface area contributed by atoms with E-state index in [1.807, 2.05) is 30.0 Å². The molecule has 1 aliphatic carbocycles. The molecule has 1 aliphatic heterocycles. The van der Waals surface area contributed by atoms with Crippen LogP contribution in [-0.4, -0.2) is 56.7 Å². The Morgan fingerprint density at radius 1 is 1.07 bits per heavy atom. The molecule has 1 amide bonds. The summed E-state index contributed by atoms with van der Waals surface area (Å²) in [6.07, 6.45) is 4.11. The minimum Gasteiger partial charge on any atom is -0.368 e. The number of aryl methyl sites for hydroxylation is 1. The van der Waals surface area contributed by atoms with Gasteiger partial charge in [-0.1, -0.05) is 18.2 Å². The number of nitrogens with one attached hydrogen (secondary N) is 1. The fraction of sp³-hybridized carbons (Fsp3) is 0.364. The summed E-state index contributed by atoms with van der Waals surface area (Å²) in [5.41, 5.74) is 3.93. The second-order valence-corrected chi connectivity index (χ2v) is 7.84. The van der Waals surface area contributed by atoms with Gasteiger partial charge in [0.1, 0.15) is 0 Å². The molecule has 154 valence electrons. The highest BCUT2D eigenvalue weighted by Gasteiger charge is 2.26. The predicted octanol–water partition coefficient (Wildman–Crippen LogP) is 1.72. The van der Waals surface area contributed by atoms with Gasteiger partial charge >= 0.3 is 0 Å². The Hall–Kier alpha value is -3.42. The smallest absolute Gasteiger partial charge is 0.257 e. The normalized spacial score (nSPS) is 16.0. The molecule has 1 N–H and O–H groups in total. The van der Waals surface area contributed by atoms with Crippen molar-refractivity contribution in [3.8, 4) is 5.95 Å². The summed E-state index contributed by atoms with van der Waals surface area (Å²) < 4.78 is 1.56. The van der Waals surface area contributed by atoms with Crippen LogP contribution in [0.4, 0.5) is 5.69 Å². The van der Waals surface area contributed by atoms with Crippen LogP contribution in [0, 0.1) is 6.92 Å². The zero-order valence-electron chi connectivity index (χ0n) is 17.0. The number of benzene rings is 1. The molecule has 8 nitrogen and oxygen atoms in total. The molecule has 30 heavy (non-hydrogen) atoms. The average Bonchev–Trinajstić information content (AvgIpc) is 3.41. The Labute approximate surface area is 174 Å². The molecule has 3 aromatic rings. The number of aromatic amines is 1. The van der Waals surface area contributed by atoms with E-state index < -0.39 is 0 Å². The maximum absolute atomic E-state index is 13.1. The number of rotatable bonds is 3. The lowest BCUT2D eigenvalue weighted by atomic mass is 10.2. The zero-order valence-corrected chi connectivity index (χ0v) is 17.0. The first-order chi connectivity index (χ1) is 14.6. The van der Waals surface area contributed by atoms with E-state index in [4.69, 9.17) is 0 Å². The maximum Gasteiger partial charge on any atom is 0.257 e. The van der Waals surface area contributed by atoms with Gasteiger partial charge in [-0.25, -0.2) is 9.67 Å². The number of carbonyl (C=O) groups is 1. The van der Waals surface area contributed by atoms with Gasteiger partial charge in [-0.2, -0.15) is 5.10 Å². The number of para-hydroxylation sites is 1. The molecule has 0 saturated carbocycles. The van der Waals surface area contributed by atoms with E-state index >= 15 is 0 Å². The summed E-state index contributed by atoms with van der Waals surface area (Å²) in [4.78, 5) is 37.0. The van der Waals surface area contributed by atoms with Crippen LogP contribution in [0.2, 0.25) is 0 Å². The molecular formula is C22H24N6O2. The summed E-state index contributed by atoms with van der Waals surface area (Å²) >= 11 is 0. The summed E-state index contributed by atoms with van der Waals surface area (Å²) in [6, 6.07) is 10.3. The van der Waals surface area contributed by atoms with Crippen molar-refractivity contribution in [3.05, 3.63) is 69.4 Å². The van der Waals surface area contributed by atoms with E-state index in [1.54, 1.807) is 10.9 Å². The fourth-order valence-electron chi connectivity index (χ4n) is 4.34. The number of piperazine rings is 1. The number of carbonyl (C=O) groups excluding carboxylic acids is 1. The molecule has 1 fully saturated rings. The van der Waals surface area contributed by atoms with Crippen LogP contribution < -0.4 is 10.5 Å². The molecule has 2 aromatic heterocycles. The van der Waals surface area contributed by atoms with Crippen LogP contribution >= 0.6 is 0 Å². The van der Waals surface area contributed by atoms with Gasteiger partial charge in [-0.15, -0.1) is 0 Å². The van der Waals surface area contributed by atoms with E-state index in [9.17, 15) is 9.59 Å². The Bertz CT molecular complexity index is 1140. The predicted molar refractivity (Wildman–Crippen MR) is 113 cm³/mol. The van der Waals surface area contributed by atoms with E-state index in [0.29, 0.717) is 30.3 Å². The van der Waals surface area contributed by atoms with Crippen LogP contribution in [0.5, 0.6) is 0 Å². The topological polar surface area (TPSA) is 87.1 Å². The van der Waals surface area contributed by atoms with Crippen LogP contribution in [0.15, 0.2) is 41.3 Å². The summed E-state index contributed by atoms with van der Waals surface area (Å²) in [6.45, 7) is 4.75. The van der Waals surface area contributed by atoms with Gasteiger partial charge in [0.25, 0.3) is 11.5 Å². The third-order valence-corrected chi connectivity index (χ3v) is 6.06. The van der Waals surface area contributed by atoms with Crippen LogP contribution in [0.25, 0.3) is 5.95 Å². The number of amides is 1. The average molecular weight is 404 g/mol. The SMILES string of the molecule is Cc1c(C(=O)N2CCN(c3ccccc3)CC2)cnn1-c1nc2c(c(=O)[nH]1)CCC2. The Morgan fingerprint density at radius 2 is 1.83 bits per heavy atom. The Kier molecular flexibility index (Phi) is 4.61. The van der Waals surface area contributed by atoms with Gasteiger partial charge in [0, 0.05) is 37.4 Å². The highest BCUT2D eigenvalue weighted by Crippen LogP contribution is 2.20. The van der Waals surface area contributed by atoms with E-state index in [-0.39, 0.29) is 11.5 Å². The fourth-order valence-corrected chi connectivity index (χ4v) is 4.34. The molecule has 0 radical (unpaired) electrons. The van der Waals surface area contributed by atoms with Gasteiger partial charge in [-0.05, 0) is 38.3 Å². The van der Waals surface area contributed by atoms with Crippen molar-refractivity contribution in [1.82, 2.24) is 24.6 Å². The second kappa shape index (κ2) is 7.44. The molecule has 3 heterocycles. The summed E-state index contributed by atoms with van der Waals surface area (Å²) in [7, 11) is 0. The van der Waals surface area contributed by atoms with Gasteiger partial charge in [0.05, 0.1) is 23.1 Å². The molecule has 1 saturated heterocycles. The standard InChI is InChI=1S/C22H24N6O2/c1-15-18(14-23-28(15)22-24-19-9-5-8-17(19)20(29)25-22)21(30)27-12-10-26(11-13-27)16-6-3-2-4-7-16/h2-4,6-7,14H,5,8-13H2,1H3,(H,24,25,29). The van der Waals surface area contributed by atoms with Crippen molar-refractivity contribution >= 4 is 11.6 Å². The van der Waals surface area contributed by atoms with E-state index in [0.717, 1.165) is 43.6 Å². The molecule has 2 aliphatic rings. The number of hydrogen-bond donors (Lipinski definition) is 1. The maximum atomic E-state index is 13.1. The molecule has 8 heteroatoms. The summed E-state index contributed by atoms with van der Waals surface area (Å²) in [5.74, 6) is 0.348. The lowest BCUT2D eigenvalue weighted by Gasteiger charge is -2.36. The van der Waals surface area contributed by atoms with Gasteiger partial charge in [-0.3, -0.25) is 14.6 Å². The van der Waals surface area contributed by atoms with Crippen LogP contribution in [0.3, 0.4) is 0 Å². The quantitative estimate of drug-likeness (QED) is 0.718. The van der Waals surface area contributed by atoms with Gasteiger partial charge in [0.15, 0.2) is 0 Å². The van der Waals surface area contributed by atoms with E-state index in [1.165, 1.54) is 5.69 Å². The molecule has 1 aromatic carbocycles. The first kappa shape index (κ1) is 18.6. The van der Waals surface area contributed by atoms with Crippen molar-refractivity contribution in [1.29, 1.82) is 0 Å². The molecule has 0 bridgehead atoms. The Balaban J connectivity index is 1.34. The Morgan fingerprint density at radius 3 is 2.60 bits per heavy atom. The highest BCUT2D eigenvalue weighted by molar-refractivity contribution is 5.95. The number of nitrogens with zero attached hydrogens (tertiary/aromatic N) is 5. The van der Waals surface area contributed by atoms with Crippen LogP contribution in [0.1, 0.15) is 33.7 Å². The molecule has 0 spiro atoms. The third kappa shape index (κ3) is 3.18. The van der Waals surface area contributed by atoms with Crippen molar-refractivity contribution in [3.63, 3.8) is 0 Å². The molecule has 0 unspecified atom stereocenters. The van der Waals surface area contributed by atoms with Crippen molar-refractivity contribution < 1.29 is 4.79 Å². The third-order valence-electron chi connectivity index (χ3n) is 6.06. The van der Waals surface area contributed by atoms with E-state index in [2.05, 4.69) is 32.1 Å². The second-order valence-electron chi connectivity index (χ2n) is 7.84.